The van der Waals surface area contributed by atoms with Crippen molar-refractivity contribution in [2.24, 2.45) is 0 Å². The van der Waals surface area contributed by atoms with Gasteiger partial charge in [-0.05, 0) is 6.07 Å². The van der Waals surface area contributed by atoms with Crippen molar-refractivity contribution in [1.29, 1.82) is 0 Å². The number of carbonyl (C=O) groups is 1. The molecule has 92 valence electrons. The van der Waals surface area contributed by atoms with E-state index in [2.05, 4.69) is 15.1 Å². The number of nitrogens with zero attached hydrogens (tertiary/aromatic N) is 3. The minimum Gasteiger partial charge on any atom is -0.479 e. The van der Waals surface area contributed by atoms with E-state index in [-0.39, 0.29) is 5.88 Å². The molecular weight excluding hydrogens is 242 g/mol. The Morgan fingerprint density at radius 3 is 2.76 bits per heavy atom. The Bertz CT molecular complexity index is 379. The Morgan fingerprint density at radius 2 is 2.18 bits per heavy atom. The van der Waals surface area contributed by atoms with Crippen LogP contribution in [-0.2, 0) is 4.79 Å². The molecule has 2 heterocycles. The zero-order valence-corrected chi connectivity index (χ0v) is 10.0. The van der Waals surface area contributed by atoms with Crippen LogP contribution in [-0.4, -0.2) is 52.5 Å². The number of rotatable bonds is 4. The van der Waals surface area contributed by atoms with Gasteiger partial charge in [-0.2, -0.15) is 11.8 Å². The maximum Gasteiger partial charge on any atom is 0.341 e. The molecule has 2 rings (SSSR count). The van der Waals surface area contributed by atoms with E-state index in [1.54, 1.807) is 12.1 Å². The van der Waals surface area contributed by atoms with Crippen LogP contribution in [0.3, 0.4) is 0 Å². The van der Waals surface area contributed by atoms with Gasteiger partial charge in [-0.15, -0.1) is 10.2 Å². The lowest BCUT2D eigenvalue weighted by atomic mass is 10.4. The summed E-state index contributed by atoms with van der Waals surface area (Å²) < 4.78 is 4.91. The van der Waals surface area contributed by atoms with Crippen LogP contribution in [0.2, 0.25) is 0 Å². The maximum atomic E-state index is 10.3. The zero-order chi connectivity index (χ0) is 12.1. The molecule has 1 N–H and O–H groups in total. The summed E-state index contributed by atoms with van der Waals surface area (Å²) in [6.07, 6.45) is 0. The molecule has 0 radical (unpaired) electrons. The molecule has 7 heteroatoms. The summed E-state index contributed by atoms with van der Waals surface area (Å²) in [5, 5.41) is 16.3. The number of thioether (sulfide) groups is 1. The second kappa shape index (κ2) is 5.72. The molecule has 0 aromatic carbocycles. The van der Waals surface area contributed by atoms with E-state index in [9.17, 15) is 4.79 Å². The fourth-order valence-electron chi connectivity index (χ4n) is 1.49. The number of aromatic nitrogens is 2. The molecule has 0 saturated carbocycles. The Labute approximate surface area is 103 Å². The van der Waals surface area contributed by atoms with Gasteiger partial charge >= 0.3 is 5.97 Å². The highest BCUT2D eigenvalue weighted by Gasteiger charge is 2.12. The van der Waals surface area contributed by atoms with Crippen molar-refractivity contribution in [3.8, 4) is 5.88 Å². The lowest BCUT2D eigenvalue weighted by molar-refractivity contribution is -0.139. The van der Waals surface area contributed by atoms with Crippen LogP contribution in [0.25, 0.3) is 0 Å². The first-order valence-electron chi connectivity index (χ1n) is 5.27. The van der Waals surface area contributed by atoms with Gasteiger partial charge in [0, 0.05) is 30.7 Å². The minimum absolute atomic E-state index is 0.238. The predicted molar refractivity (Wildman–Crippen MR) is 64.7 cm³/mol. The highest BCUT2D eigenvalue weighted by atomic mass is 32.2. The topological polar surface area (TPSA) is 75.6 Å². The molecular formula is C10H13N3O3S. The summed E-state index contributed by atoms with van der Waals surface area (Å²) in [5.74, 6) is 2.22. The number of anilines is 1. The number of aliphatic carboxylic acids is 1. The minimum atomic E-state index is -1.02. The zero-order valence-electron chi connectivity index (χ0n) is 9.20. The van der Waals surface area contributed by atoms with Crippen molar-refractivity contribution < 1.29 is 14.6 Å². The molecule has 1 aliphatic heterocycles. The molecule has 0 unspecified atom stereocenters. The molecule has 1 aromatic rings. The highest BCUT2D eigenvalue weighted by molar-refractivity contribution is 7.99. The predicted octanol–water partition coefficient (Wildman–Crippen LogP) is 0.493. The van der Waals surface area contributed by atoms with E-state index in [0.717, 1.165) is 30.4 Å². The van der Waals surface area contributed by atoms with Crippen LogP contribution in [0.1, 0.15) is 0 Å². The van der Waals surface area contributed by atoms with Gasteiger partial charge in [0.2, 0.25) is 5.88 Å². The standard InChI is InChI=1S/C10H13N3O3S/c14-10(15)7-16-9-2-1-8(11-12-9)13-3-5-17-6-4-13/h1-2H,3-7H2,(H,14,15). The van der Waals surface area contributed by atoms with Crippen molar-refractivity contribution in [3.63, 3.8) is 0 Å². The Hall–Kier alpha value is -1.50. The number of carboxylic acids is 1. The van der Waals surface area contributed by atoms with E-state index in [1.807, 2.05) is 11.8 Å². The quantitative estimate of drug-likeness (QED) is 0.839. The molecule has 1 saturated heterocycles. The second-order valence-corrected chi connectivity index (χ2v) is 4.74. The van der Waals surface area contributed by atoms with Gasteiger partial charge < -0.3 is 14.7 Å². The summed E-state index contributed by atoms with van der Waals surface area (Å²) in [4.78, 5) is 12.5. The van der Waals surface area contributed by atoms with Crippen LogP contribution >= 0.6 is 11.8 Å². The first kappa shape index (κ1) is 12.0. The third-order valence-corrected chi connectivity index (χ3v) is 3.25. The average Bonchev–Trinajstić information content (AvgIpc) is 2.38. The molecule has 0 spiro atoms. The molecule has 6 nitrogen and oxygen atoms in total. The van der Waals surface area contributed by atoms with E-state index < -0.39 is 12.6 Å². The van der Waals surface area contributed by atoms with Gasteiger partial charge in [0.25, 0.3) is 0 Å². The monoisotopic (exact) mass is 255 g/mol. The van der Waals surface area contributed by atoms with Crippen LogP contribution in [0.5, 0.6) is 5.88 Å². The van der Waals surface area contributed by atoms with Crippen LogP contribution in [0.15, 0.2) is 12.1 Å². The van der Waals surface area contributed by atoms with E-state index in [1.165, 1.54) is 0 Å². The lowest BCUT2D eigenvalue weighted by Crippen LogP contribution is -2.33. The number of carboxylic acid groups (broad SMARTS) is 1. The molecule has 0 amide bonds. The summed E-state index contributed by atoms with van der Waals surface area (Å²) in [7, 11) is 0. The highest BCUT2D eigenvalue weighted by Crippen LogP contribution is 2.17. The number of ether oxygens (including phenoxy) is 1. The average molecular weight is 255 g/mol. The molecule has 0 atom stereocenters. The maximum absolute atomic E-state index is 10.3. The summed E-state index contributed by atoms with van der Waals surface area (Å²) >= 11 is 1.93. The summed E-state index contributed by atoms with van der Waals surface area (Å²) in [6, 6.07) is 3.45. The van der Waals surface area contributed by atoms with Gasteiger partial charge in [0.05, 0.1) is 0 Å². The third-order valence-electron chi connectivity index (χ3n) is 2.30. The van der Waals surface area contributed by atoms with Crippen LogP contribution in [0.4, 0.5) is 5.82 Å². The Balaban J connectivity index is 1.94. The molecule has 0 aliphatic carbocycles. The van der Waals surface area contributed by atoms with Gasteiger partial charge in [0.1, 0.15) is 0 Å². The molecule has 0 bridgehead atoms. The van der Waals surface area contributed by atoms with Crippen molar-refractivity contribution in [1.82, 2.24) is 10.2 Å². The van der Waals surface area contributed by atoms with Crippen molar-refractivity contribution in [2.45, 2.75) is 0 Å². The SMILES string of the molecule is O=C(O)COc1ccc(N2CCSCC2)nn1. The first-order valence-corrected chi connectivity index (χ1v) is 6.42. The Morgan fingerprint density at radius 1 is 1.41 bits per heavy atom. The lowest BCUT2D eigenvalue weighted by Gasteiger charge is -2.26. The van der Waals surface area contributed by atoms with Crippen molar-refractivity contribution in [3.05, 3.63) is 12.1 Å². The fourth-order valence-corrected chi connectivity index (χ4v) is 2.39. The van der Waals surface area contributed by atoms with Crippen LogP contribution in [0, 0.1) is 0 Å². The van der Waals surface area contributed by atoms with E-state index >= 15 is 0 Å². The van der Waals surface area contributed by atoms with Gasteiger partial charge in [0.15, 0.2) is 12.4 Å². The molecule has 1 aromatic heterocycles. The largest absolute Gasteiger partial charge is 0.479 e. The van der Waals surface area contributed by atoms with Gasteiger partial charge in [-0.3, -0.25) is 0 Å². The molecule has 1 aliphatic rings. The van der Waals surface area contributed by atoms with Crippen LogP contribution < -0.4 is 9.64 Å². The fraction of sp³-hybridized carbons (Fsp3) is 0.500. The third kappa shape index (κ3) is 3.48. The van der Waals surface area contributed by atoms with Crippen molar-refractivity contribution >= 4 is 23.5 Å². The number of hydrogen-bond donors (Lipinski definition) is 1. The summed E-state index contributed by atoms with van der Waals surface area (Å²) in [5.41, 5.74) is 0. The molecule has 1 fully saturated rings. The van der Waals surface area contributed by atoms with Gasteiger partial charge in [-0.1, -0.05) is 0 Å². The first-order chi connectivity index (χ1) is 8.25. The smallest absolute Gasteiger partial charge is 0.341 e. The molecule has 17 heavy (non-hydrogen) atoms. The Kier molecular flexibility index (Phi) is 4.03. The second-order valence-electron chi connectivity index (χ2n) is 3.51. The summed E-state index contributed by atoms with van der Waals surface area (Å²) in [6.45, 7) is 1.54. The van der Waals surface area contributed by atoms with E-state index in [0.29, 0.717) is 0 Å². The number of hydrogen-bond acceptors (Lipinski definition) is 6. The van der Waals surface area contributed by atoms with Gasteiger partial charge in [-0.25, -0.2) is 4.79 Å². The van der Waals surface area contributed by atoms with E-state index in [4.69, 9.17) is 9.84 Å². The normalized spacial score (nSPS) is 15.6. The van der Waals surface area contributed by atoms with Crippen molar-refractivity contribution in [2.75, 3.05) is 36.1 Å².